The first-order valence-corrected chi connectivity index (χ1v) is 6.60. The second kappa shape index (κ2) is 6.53. The molecule has 2 heterocycles. The minimum absolute atomic E-state index is 0.256. The van der Waals surface area contributed by atoms with E-state index in [-0.39, 0.29) is 12.1 Å². The van der Waals surface area contributed by atoms with Gasteiger partial charge in [0.2, 0.25) is 0 Å². The van der Waals surface area contributed by atoms with Gasteiger partial charge in [0.1, 0.15) is 6.04 Å². The Morgan fingerprint density at radius 3 is 3.28 bits per heavy atom. The first-order chi connectivity index (χ1) is 8.83. The Kier molecular flexibility index (Phi) is 4.73. The molecule has 5 nitrogen and oxygen atoms in total. The maximum absolute atomic E-state index is 9.20. The van der Waals surface area contributed by atoms with E-state index in [1.54, 1.807) is 6.20 Å². The smallest absolute Gasteiger partial charge is 0.124 e. The average Bonchev–Trinajstić information content (AvgIpc) is 3.02. The summed E-state index contributed by atoms with van der Waals surface area (Å²) in [5.41, 5.74) is 0.934. The second-order valence-corrected chi connectivity index (χ2v) is 4.64. The second-order valence-electron chi connectivity index (χ2n) is 4.64. The summed E-state index contributed by atoms with van der Waals surface area (Å²) in [6, 6.07) is 1.99. The predicted molar refractivity (Wildman–Crippen MR) is 67.8 cm³/mol. The summed E-state index contributed by atoms with van der Waals surface area (Å²) in [6.07, 6.45) is 7.22. The Morgan fingerprint density at radius 2 is 2.61 bits per heavy atom. The summed E-state index contributed by atoms with van der Waals surface area (Å²) >= 11 is 0. The Hall–Kier alpha value is -1.38. The van der Waals surface area contributed by atoms with E-state index in [0.29, 0.717) is 0 Å². The maximum atomic E-state index is 9.20. The van der Waals surface area contributed by atoms with Crippen molar-refractivity contribution in [1.29, 1.82) is 5.26 Å². The van der Waals surface area contributed by atoms with Crippen LogP contribution in [0.4, 0.5) is 0 Å². The lowest BCUT2D eigenvalue weighted by Gasteiger charge is -2.13. The van der Waals surface area contributed by atoms with Crippen molar-refractivity contribution in [2.75, 3.05) is 13.2 Å². The molecule has 1 aliphatic rings. The molecular weight excluding hydrogens is 228 g/mol. The summed E-state index contributed by atoms with van der Waals surface area (Å²) in [7, 11) is 0. The molecule has 1 aromatic rings. The zero-order valence-electron chi connectivity index (χ0n) is 10.8. The van der Waals surface area contributed by atoms with Gasteiger partial charge in [-0.3, -0.25) is 10.00 Å². The number of ether oxygens (including phenoxy) is 1. The molecule has 1 N–H and O–H groups in total. The largest absolute Gasteiger partial charge is 0.377 e. The van der Waals surface area contributed by atoms with Crippen LogP contribution in [0.1, 0.15) is 37.8 Å². The van der Waals surface area contributed by atoms with E-state index in [1.165, 1.54) is 0 Å². The number of aryl methyl sites for hydroxylation is 1. The van der Waals surface area contributed by atoms with Gasteiger partial charge in [-0.15, -0.1) is 0 Å². The van der Waals surface area contributed by atoms with Crippen LogP contribution in [0, 0.1) is 11.3 Å². The van der Waals surface area contributed by atoms with E-state index < -0.39 is 0 Å². The zero-order chi connectivity index (χ0) is 12.8. The summed E-state index contributed by atoms with van der Waals surface area (Å²) in [5.74, 6) is 0. The molecular formula is C13H20N4O. The third-order valence-corrected chi connectivity index (χ3v) is 3.14. The van der Waals surface area contributed by atoms with Crippen molar-refractivity contribution in [1.82, 2.24) is 15.1 Å². The molecule has 1 fully saturated rings. The van der Waals surface area contributed by atoms with Crippen molar-refractivity contribution < 1.29 is 4.74 Å². The van der Waals surface area contributed by atoms with Gasteiger partial charge in [-0.1, -0.05) is 6.92 Å². The van der Waals surface area contributed by atoms with Crippen molar-refractivity contribution in [3.05, 3.63) is 18.0 Å². The van der Waals surface area contributed by atoms with E-state index in [9.17, 15) is 5.26 Å². The quantitative estimate of drug-likeness (QED) is 0.831. The van der Waals surface area contributed by atoms with Crippen molar-refractivity contribution in [3.8, 4) is 6.07 Å². The van der Waals surface area contributed by atoms with Crippen LogP contribution >= 0.6 is 0 Å². The Balaban J connectivity index is 1.88. The van der Waals surface area contributed by atoms with Crippen LogP contribution in [-0.4, -0.2) is 29.0 Å². The number of aromatic nitrogens is 2. The Bertz CT molecular complexity index is 403. The van der Waals surface area contributed by atoms with Crippen LogP contribution in [0.5, 0.6) is 0 Å². The van der Waals surface area contributed by atoms with E-state index in [0.717, 1.165) is 44.5 Å². The molecule has 0 aromatic carbocycles. The molecule has 1 aliphatic heterocycles. The fraction of sp³-hybridized carbons (Fsp3) is 0.692. The number of hydrogen-bond donors (Lipinski definition) is 1. The standard InChI is InChI=1S/C13H20N4O/c1-2-5-17-10-11(8-16-17)13(7-14)15-9-12-4-3-6-18-12/h8,10,12-13,15H,2-6,9H2,1H3. The third kappa shape index (κ3) is 3.31. The molecule has 0 spiro atoms. The molecule has 5 heteroatoms. The van der Waals surface area contributed by atoms with Gasteiger partial charge in [-0.25, -0.2) is 0 Å². The molecule has 0 radical (unpaired) electrons. The van der Waals surface area contributed by atoms with Crippen LogP contribution in [0.3, 0.4) is 0 Å². The highest BCUT2D eigenvalue weighted by atomic mass is 16.5. The van der Waals surface area contributed by atoms with Crippen molar-refractivity contribution in [3.63, 3.8) is 0 Å². The number of nitrogens with one attached hydrogen (secondary N) is 1. The van der Waals surface area contributed by atoms with Crippen LogP contribution in [-0.2, 0) is 11.3 Å². The Morgan fingerprint density at radius 1 is 1.72 bits per heavy atom. The molecule has 0 amide bonds. The van der Waals surface area contributed by atoms with E-state index in [4.69, 9.17) is 4.74 Å². The number of nitriles is 1. The lowest BCUT2D eigenvalue weighted by molar-refractivity contribution is 0.109. The summed E-state index contributed by atoms with van der Waals surface area (Å²) in [4.78, 5) is 0. The van der Waals surface area contributed by atoms with Crippen molar-refractivity contribution in [2.24, 2.45) is 0 Å². The van der Waals surface area contributed by atoms with Crippen molar-refractivity contribution in [2.45, 2.75) is 44.9 Å². The van der Waals surface area contributed by atoms with Crippen LogP contribution in [0.2, 0.25) is 0 Å². The molecule has 1 aromatic heterocycles. The van der Waals surface area contributed by atoms with Gasteiger partial charge >= 0.3 is 0 Å². The molecule has 2 unspecified atom stereocenters. The van der Waals surface area contributed by atoms with E-state index in [2.05, 4.69) is 23.4 Å². The monoisotopic (exact) mass is 248 g/mol. The molecule has 2 atom stereocenters. The van der Waals surface area contributed by atoms with Gasteiger partial charge in [0.15, 0.2) is 0 Å². The van der Waals surface area contributed by atoms with Gasteiger partial charge in [0.25, 0.3) is 0 Å². The zero-order valence-corrected chi connectivity index (χ0v) is 10.8. The number of rotatable bonds is 6. The highest BCUT2D eigenvalue weighted by Crippen LogP contribution is 2.14. The predicted octanol–water partition coefficient (Wildman–Crippen LogP) is 1.63. The van der Waals surface area contributed by atoms with Gasteiger partial charge in [0.05, 0.1) is 18.4 Å². The molecule has 1 saturated heterocycles. The average molecular weight is 248 g/mol. The molecule has 0 saturated carbocycles. The fourth-order valence-electron chi connectivity index (χ4n) is 2.17. The van der Waals surface area contributed by atoms with Gasteiger partial charge < -0.3 is 4.74 Å². The molecule has 0 bridgehead atoms. The highest BCUT2D eigenvalue weighted by molar-refractivity contribution is 5.17. The van der Waals surface area contributed by atoms with Gasteiger partial charge in [-0.2, -0.15) is 10.4 Å². The van der Waals surface area contributed by atoms with E-state index >= 15 is 0 Å². The summed E-state index contributed by atoms with van der Waals surface area (Å²) in [6.45, 7) is 4.58. The SMILES string of the molecule is CCCn1cc(C(C#N)NCC2CCCO2)cn1. The summed E-state index contributed by atoms with van der Waals surface area (Å²) < 4.78 is 7.42. The topological polar surface area (TPSA) is 62.9 Å². The molecule has 2 rings (SSSR count). The van der Waals surface area contributed by atoms with Crippen LogP contribution in [0.25, 0.3) is 0 Å². The lowest BCUT2D eigenvalue weighted by Crippen LogP contribution is -2.29. The summed E-state index contributed by atoms with van der Waals surface area (Å²) in [5, 5.41) is 16.7. The minimum Gasteiger partial charge on any atom is -0.377 e. The normalized spacial score (nSPS) is 20.8. The van der Waals surface area contributed by atoms with Crippen LogP contribution < -0.4 is 5.32 Å². The van der Waals surface area contributed by atoms with Crippen LogP contribution in [0.15, 0.2) is 12.4 Å². The van der Waals surface area contributed by atoms with Gasteiger partial charge in [-0.05, 0) is 19.3 Å². The molecule has 18 heavy (non-hydrogen) atoms. The van der Waals surface area contributed by atoms with E-state index in [1.807, 2.05) is 10.9 Å². The highest BCUT2D eigenvalue weighted by Gasteiger charge is 2.18. The Labute approximate surface area is 108 Å². The molecule has 98 valence electrons. The van der Waals surface area contributed by atoms with Crippen molar-refractivity contribution >= 4 is 0 Å². The maximum Gasteiger partial charge on any atom is 0.124 e. The fourth-order valence-corrected chi connectivity index (χ4v) is 2.17. The minimum atomic E-state index is -0.292. The first kappa shape index (κ1) is 13.1. The van der Waals surface area contributed by atoms with Gasteiger partial charge in [0, 0.05) is 31.5 Å². The third-order valence-electron chi connectivity index (χ3n) is 3.14. The molecule has 0 aliphatic carbocycles. The first-order valence-electron chi connectivity index (χ1n) is 6.60. The number of nitrogens with zero attached hydrogens (tertiary/aromatic N) is 3. The number of hydrogen-bond acceptors (Lipinski definition) is 4. The lowest BCUT2D eigenvalue weighted by atomic mass is 10.1.